The number of hydrogen-bond donors (Lipinski definition) is 0. The van der Waals surface area contributed by atoms with E-state index >= 15 is 0 Å². The van der Waals surface area contributed by atoms with Gasteiger partial charge in [-0.3, -0.25) is 0 Å². The Kier molecular flexibility index (Phi) is 5.66. The maximum Gasteiger partial charge on any atom is 0.239 e. The second-order valence-electron chi connectivity index (χ2n) is 6.26. The molecule has 142 valence electrons. The van der Waals surface area contributed by atoms with E-state index in [4.69, 9.17) is 13.9 Å². The van der Waals surface area contributed by atoms with Gasteiger partial charge in [0, 0.05) is 25.2 Å². The molecule has 0 saturated heterocycles. The molecule has 3 rings (SSSR count). The van der Waals surface area contributed by atoms with Crippen LogP contribution in [0.2, 0.25) is 0 Å². The van der Waals surface area contributed by atoms with E-state index in [0.29, 0.717) is 16.9 Å². The molecule has 0 aliphatic heterocycles. The zero-order chi connectivity index (χ0) is 20.1. The fraction of sp³-hybridized carbons (Fsp3) is 0.182. The number of benzene rings is 2. The third-order valence-corrected chi connectivity index (χ3v) is 4.14. The first-order chi connectivity index (χ1) is 13.6. The van der Waals surface area contributed by atoms with Crippen molar-refractivity contribution in [1.29, 1.82) is 5.26 Å². The summed E-state index contributed by atoms with van der Waals surface area (Å²) in [6.45, 7) is 0. The molecular weight excluding hydrogens is 354 g/mol. The lowest BCUT2D eigenvalue weighted by Gasteiger charge is -2.06. The van der Waals surface area contributed by atoms with Gasteiger partial charge in [-0.2, -0.15) is 5.26 Å². The lowest BCUT2D eigenvalue weighted by Crippen LogP contribution is -2.06. The number of furan rings is 1. The Morgan fingerprint density at radius 3 is 1.93 bits per heavy atom. The summed E-state index contributed by atoms with van der Waals surface area (Å²) in [4.78, 5) is 6.12. The lowest BCUT2D eigenvalue weighted by molar-refractivity contribution is 0.414. The van der Waals surface area contributed by atoms with Crippen molar-refractivity contribution in [3.8, 4) is 40.0 Å². The minimum absolute atomic E-state index is 0.271. The van der Waals surface area contributed by atoms with Crippen molar-refractivity contribution in [3.05, 3.63) is 54.1 Å². The molecule has 1 aromatic heterocycles. The van der Waals surface area contributed by atoms with E-state index in [1.54, 1.807) is 25.5 Å². The van der Waals surface area contributed by atoms with E-state index in [9.17, 15) is 5.26 Å². The van der Waals surface area contributed by atoms with Crippen LogP contribution < -0.4 is 9.47 Å². The molecule has 0 amide bonds. The standard InChI is InChI=1S/C22H21N3O3/c1-25(2)14-24-22-19(13-23)20(15-5-9-17(26-3)10-6-15)21(28-22)16-7-11-18(27-4)12-8-16/h5-12,14H,1-4H3. The number of nitrogens with zero attached hydrogens (tertiary/aromatic N) is 3. The first kappa shape index (κ1) is 19.1. The third kappa shape index (κ3) is 3.84. The van der Waals surface area contributed by atoms with Gasteiger partial charge in [0.1, 0.15) is 28.9 Å². The normalized spacial score (nSPS) is 10.7. The number of methoxy groups -OCH3 is 2. The van der Waals surface area contributed by atoms with Gasteiger partial charge < -0.3 is 18.8 Å². The van der Waals surface area contributed by atoms with Crippen LogP contribution in [0.5, 0.6) is 11.5 Å². The number of hydrogen-bond acceptors (Lipinski definition) is 5. The molecule has 0 saturated carbocycles. The molecule has 0 unspecified atom stereocenters. The summed E-state index contributed by atoms with van der Waals surface area (Å²) < 4.78 is 16.5. The predicted octanol–water partition coefficient (Wildman–Crippen LogP) is 4.72. The molecule has 0 spiro atoms. The van der Waals surface area contributed by atoms with Gasteiger partial charge in [0.25, 0.3) is 0 Å². The molecule has 6 heteroatoms. The summed E-state index contributed by atoms with van der Waals surface area (Å²) in [5.41, 5.74) is 2.75. The van der Waals surface area contributed by atoms with Crippen molar-refractivity contribution in [2.45, 2.75) is 0 Å². The van der Waals surface area contributed by atoms with Crippen molar-refractivity contribution in [1.82, 2.24) is 4.90 Å². The first-order valence-corrected chi connectivity index (χ1v) is 8.63. The lowest BCUT2D eigenvalue weighted by atomic mass is 9.98. The van der Waals surface area contributed by atoms with E-state index in [1.165, 1.54) is 0 Å². The minimum Gasteiger partial charge on any atom is -0.497 e. The fourth-order valence-electron chi connectivity index (χ4n) is 2.76. The Bertz CT molecular complexity index is 1010. The monoisotopic (exact) mass is 375 g/mol. The van der Waals surface area contributed by atoms with E-state index in [-0.39, 0.29) is 5.88 Å². The molecule has 3 aromatic rings. The summed E-state index contributed by atoms with van der Waals surface area (Å²) in [6.07, 6.45) is 1.61. The Morgan fingerprint density at radius 2 is 1.46 bits per heavy atom. The molecule has 6 nitrogen and oxygen atoms in total. The number of aliphatic imine (C=N–C) groups is 1. The molecular formula is C22H21N3O3. The number of nitriles is 1. The molecule has 2 aromatic carbocycles. The van der Waals surface area contributed by atoms with Crippen molar-refractivity contribution in [2.24, 2.45) is 4.99 Å². The number of ether oxygens (including phenoxy) is 2. The third-order valence-electron chi connectivity index (χ3n) is 4.14. The SMILES string of the molecule is COc1ccc(-c2oc(N=CN(C)C)c(C#N)c2-c2ccc(OC)cc2)cc1. The van der Waals surface area contributed by atoms with Crippen molar-refractivity contribution >= 4 is 12.2 Å². The van der Waals surface area contributed by atoms with Gasteiger partial charge in [-0.05, 0) is 42.0 Å². The summed E-state index contributed by atoms with van der Waals surface area (Å²) in [5, 5.41) is 9.83. The molecule has 1 heterocycles. The van der Waals surface area contributed by atoms with E-state index in [0.717, 1.165) is 22.6 Å². The van der Waals surface area contributed by atoms with Crippen LogP contribution in [0.3, 0.4) is 0 Å². The summed E-state index contributed by atoms with van der Waals surface area (Å²) in [5.74, 6) is 2.33. The van der Waals surface area contributed by atoms with E-state index in [1.807, 2.05) is 62.6 Å². The smallest absolute Gasteiger partial charge is 0.239 e. The van der Waals surface area contributed by atoms with Crippen molar-refractivity contribution in [2.75, 3.05) is 28.3 Å². The molecule has 0 aliphatic carbocycles. The molecule has 28 heavy (non-hydrogen) atoms. The molecule has 0 atom stereocenters. The van der Waals surface area contributed by atoms with E-state index < -0.39 is 0 Å². The van der Waals surface area contributed by atoms with Crippen LogP contribution in [0.4, 0.5) is 5.88 Å². The van der Waals surface area contributed by atoms with Crippen LogP contribution in [0.1, 0.15) is 5.56 Å². The quantitative estimate of drug-likeness (QED) is 0.460. The summed E-state index contributed by atoms with van der Waals surface area (Å²) >= 11 is 0. The van der Waals surface area contributed by atoms with Crippen LogP contribution in [-0.4, -0.2) is 39.6 Å². The second kappa shape index (κ2) is 8.31. The summed E-state index contributed by atoms with van der Waals surface area (Å²) in [7, 11) is 6.94. The molecule has 0 radical (unpaired) electrons. The largest absolute Gasteiger partial charge is 0.497 e. The molecule has 0 N–H and O–H groups in total. The second-order valence-corrected chi connectivity index (χ2v) is 6.26. The molecule has 0 aliphatic rings. The molecule has 0 bridgehead atoms. The average molecular weight is 375 g/mol. The van der Waals surface area contributed by atoms with Gasteiger partial charge >= 0.3 is 0 Å². The highest BCUT2D eigenvalue weighted by Gasteiger charge is 2.23. The first-order valence-electron chi connectivity index (χ1n) is 8.63. The average Bonchev–Trinajstić information content (AvgIpc) is 3.10. The summed E-state index contributed by atoms with van der Waals surface area (Å²) in [6, 6.07) is 17.2. The van der Waals surface area contributed by atoms with Crippen LogP contribution in [0.15, 0.2) is 57.9 Å². The van der Waals surface area contributed by atoms with Crippen molar-refractivity contribution in [3.63, 3.8) is 0 Å². The Balaban J connectivity index is 2.21. The highest BCUT2D eigenvalue weighted by Crippen LogP contribution is 2.43. The maximum absolute atomic E-state index is 9.83. The van der Waals surface area contributed by atoms with Crippen molar-refractivity contribution < 1.29 is 13.9 Å². The number of rotatable bonds is 6. The zero-order valence-electron chi connectivity index (χ0n) is 16.3. The Hall–Kier alpha value is -3.72. The zero-order valence-corrected chi connectivity index (χ0v) is 16.3. The van der Waals surface area contributed by atoms with Gasteiger partial charge in [0.15, 0.2) is 0 Å². The molecule has 0 fully saturated rings. The fourth-order valence-corrected chi connectivity index (χ4v) is 2.76. The van der Waals surface area contributed by atoms with Gasteiger partial charge in [-0.15, -0.1) is 0 Å². The van der Waals surface area contributed by atoms with Gasteiger partial charge in [0.05, 0.1) is 20.6 Å². The van der Waals surface area contributed by atoms with Gasteiger partial charge in [-0.1, -0.05) is 12.1 Å². The Labute approximate surface area is 164 Å². The predicted molar refractivity (Wildman–Crippen MR) is 109 cm³/mol. The minimum atomic E-state index is 0.271. The van der Waals surface area contributed by atoms with Crippen LogP contribution >= 0.6 is 0 Å². The highest BCUT2D eigenvalue weighted by molar-refractivity contribution is 5.88. The van der Waals surface area contributed by atoms with E-state index in [2.05, 4.69) is 11.1 Å². The topological polar surface area (TPSA) is 71.0 Å². The van der Waals surface area contributed by atoms with Gasteiger partial charge in [0.2, 0.25) is 5.88 Å². The highest BCUT2D eigenvalue weighted by atomic mass is 16.5. The van der Waals surface area contributed by atoms with Crippen LogP contribution in [0.25, 0.3) is 22.5 Å². The van der Waals surface area contributed by atoms with Crippen LogP contribution in [-0.2, 0) is 0 Å². The Morgan fingerprint density at radius 1 is 0.929 bits per heavy atom. The van der Waals surface area contributed by atoms with Gasteiger partial charge in [-0.25, -0.2) is 4.99 Å². The maximum atomic E-state index is 9.83. The van der Waals surface area contributed by atoms with Crippen LogP contribution in [0, 0.1) is 11.3 Å².